The highest BCUT2D eigenvalue weighted by Crippen LogP contribution is 2.31. The first-order valence-electron chi connectivity index (χ1n) is 7.30. The third-order valence-corrected chi connectivity index (χ3v) is 3.89. The van der Waals surface area contributed by atoms with Crippen molar-refractivity contribution >= 4 is 11.6 Å². The van der Waals surface area contributed by atoms with Crippen molar-refractivity contribution in [2.45, 2.75) is 25.3 Å². The Morgan fingerprint density at radius 3 is 2.90 bits per heavy atom. The summed E-state index contributed by atoms with van der Waals surface area (Å²) in [5, 5.41) is 6.42. The Kier molecular flexibility index (Phi) is 3.86. The van der Waals surface area contributed by atoms with Gasteiger partial charge in [-0.3, -0.25) is 9.78 Å². The highest BCUT2D eigenvalue weighted by atomic mass is 16.1. The van der Waals surface area contributed by atoms with Crippen LogP contribution in [0.1, 0.15) is 36.6 Å². The summed E-state index contributed by atoms with van der Waals surface area (Å²) in [4.78, 5) is 16.9. The zero-order valence-corrected chi connectivity index (χ0v) is 12.0. The molecule has 21 heavy (non-hydrogen) atoms. The summed E-state index contributed by atoms with van der Waals surface area (Å²) in [6.07, 6.45) is 2.57. The van der Waals surface area contributed by atoms with Crippen LogP contribution in [0, 0.1) is 0 Å². The molecule has 2 aromatic rings. The number of nitrogens with zero attached hydrogens (tertiary/aromatic N) is 1. The number of carbonyl (C=O) groups excluding carboxylic acids is 1. The van der Waals surface area contributed by atoms with E-state index in [1.807, 2.05) is 49.4 Å². The lowest BCUT2D eigenvalue weighted by Gasteiger charge is -2.27. The monoisotopic (exact) mass is 281 g/mol. The van der Waals surface area contributed by atoms with Gasteiger partial charge in [-0.1, -0.05) is 24.3 Å². The SMILES string of the molecule is CC(NC(=O)C1CCNc2ccccc21)c1ccccn1. The summed E-state index contributed by atoms with van der Waals surface area (Å²) in [7, 11) is 0. The first-order chi connectivity index (χ1) is 10.3. The van der Waals surface area contributed by atoms with E-state index in [9.17, 15) is 4.79 Å². The van der Waals surface area contributed by atoms with E-state index in [-0.39, 0.29) is 17.9 Å². The van der Waals surface area contributed by atoms with Gasteiger partial charge in [-0.05, 0) is 37.1 Å². The number of anilines is 1. The Bertz CT molecular complexity index is 627. The molecule has 1 aromatic heterocycles. The molecule has 1 amide bonds. The van der Waals surface area contributed by atoms with Crippen molar-refractivity contribution in [1.29, 1.82) is 0 Å². The summed E-state index contributed by atoms with van der Waals surface area (Å²) in [5.74, 6) is -0.0179. The Hall–Kier alpha value is -2.36. The van der Waals surface area contributed by atoms with Gasteiger partial charge in [-0.15, -0.1) is 0 Å². The van der Waals surface area contributed by atoms with Crippen molar-refractivity contribution < 1.29 is 4.79 Å². The van der Waals surface area contributed by atoms with Gasteiger partial charge in [0.1, 0.15) is 0 Å². The minimum absolute atomic E-state index is 0.0714. The lowest BCUT2D eigenvalue weighted by molar-refractivity contribution is -0.123. The molecule has 0 radical (unpaired) electrons. The third kappa shape index (κ3) is 2.89. The molecule has 0 fully saturated rings. The predicted octanol–water partition coefficient (Wildman–Crippen LogP) is 2.86. The maximum Gasteiger partial charge on any atom is 0.228 e. The fraction of sp³-hybridized carbons (Fsp3) is 0.294. The van der Waals surface area contributed by atoms with Crippen LogP contribution in [0.3, 0.4) is 0 Å². The Morgan fingerprint density at radius 1 is 1.29 bits per heavy atom. The molecule has 108 valence electrons. The summed E-state index contributed by atoms with van der Waals surface area (Å²) < 4.78 is 0. The second-order valence-corrected chi connectivity index (χ2v) is 5.34. The van der Waals surface area contributed by atoms with Crippen LogP contribution in [0.5, 0.6) is 0 Å². The molecule has 0 spiro atoms. The Morgan fingerprint density at radius 2 is 2.10 bits per heavy atom. The number of carbonyl (C=O) groups is 1. The van der Waals surface area contributed by atoms with Crippen LogP contribution in [0.2, 0.25) is 0 Å². The van der Waals surface area contributed by atoms with Gasteiger partial charge in [-0.2, -0.15) is 0 Å². The molecule has 0 saturated heterocycles. The van der Waals surface area contributed by atoms with E-state index in [0.29, 0.717) is 0 Å². The van der Waals surface area contributed by atoms with Gasteiger partial charge in [0.25, 0.3) is 0 Å². The third-order valence-electron chi connectivity index (χ3n) is 3.89. The van der Waals surface area contributed by atoms with Crippen molar-refractivity contribution in [2.75, 3.05) is 11.9 Å². The summed E-state index contributed by atoms with van der Waals surface area (Å²) in [6.45, 7) is 2.79. The quantitative estimate of drug-likeness (QED) is 0.909. The van der Waals surface area contributed by atoms with E-state index >= 15 is 0 Å². The fourth-order valence-electron chi connectivity index (χ4n) is 2.76. The highest BCUT2D eigenvalue weighted by molar-refractivity contribution is 5.86. The van der Waals surface area contributed by atoms with E-state index in [1.165, 1.54) is 0 Å². The number of fused-ring (bicyclic) bond motifs is 1. The number of hydrogen-bond donors (Lipinski definition) is 2. The number of benzene rings is 1. The number of pyridine rings is 1. The zero-order chi connectivity index (χ0) is 14.7. The van der Waals surface area contributed by atoms with Crippen LogP contribution in [0.15, 0.2) is 48.7 Å². The molecule has 2 N–H and O–H groups in total. The lowest BCUT2D eigenvalue weighted by Crippen LogP contribution is -2.34. The Balaban J connectivity index is 1.75. The molecule has 0 bridgehead atoms. The van der Waals surface area contributed by atoms with Gasteiger partial charge in [-0.25, -0.2) is 0 Å². The second kappa shape index (κ2) is 5.95. The fourth-order valence-corrected chi connectivity index (χ4v) is 2.76. The molecule has 3 rings (SSSR count). The Labute approximate surface area is 124 Å². The minimum atomic E-state index is -0.0892. The van der Waals surface area contributed by atoms with Crippen molar-refractivity contribution in [3.8, 4) is 0 Å². The zero-order valence-electron chi connectivity index (χ0n) is 12.0. The minimum Gasteiger partial charge on any atom is -0.385 e. The lowest BCUT2D eigenvalue weighted by atomic mass is 9.90. The van der Waals surface area contributed by atoms with Crippen molar-refractivity contribution in [2.24, 2.45) is 0 Å². The molecule has 1 aliphatic rings. The van der Waals surface area contributed by atoms with Gasteiger partial charge in [0.2, 0.25) is 5.91 Å². The molecule has 2 unspecified atom stereocenters. The average molecular weight is 281 g/mol. The molecule has 0 aliphatic carbocycles. The van der Waals surface area contributed by atoms with Crippen LogP contribution in [-0.4, -0.2) is 17.4 Å². The maximum absolute atomic E-state index is 12.6. The van der Waals surface area contributed by atoms with Crippen molar-refractivity contribution in [3.63, 3.8) is 0 Å². The van der Waals surface area contributed by atoms with Gasteiger partial charge >= 0.3 is 0 Å². The first kappa shape index (κ1) is 13.6. The smallest absolute Gasteiger partial charge is 0.228 e. The first-order valence-corrected chi connectivity index (χ1v) is 7.30. The molecule has 2 atom stereocenters. The maximum atomic E-state index is 12.6. The number of para-hydroxylation sites is 1. The molecule has 1 aliphatic heterocycles. The van der Waals surface area contributed by atoms with Crippen LogP contribution >= 0.6 is 0 Å². The highest BCUT2D eigenvalue weighted by Gasteiger charge is 2.27. The van der Waals surface area contributed by atoms with Gasteiger partial charge < -0.3 is 10.6 Å². The normalized spacial score (nSPS) is 18.2. The van der Waals surface area contributed by atoms with Crippen molar-refractivity contribution in [3.05, 3.63) is 59.9 Å². The van der Waals surface area contributed by atoms with E-state index in [2.05, 4.69) is 15.6 Å². The molecular weight excluding hydrogens is 262 g/mol. The van der Waals surface area contributed by atoms with Crippen LogP contribution in [0.4, 0.5) is 5.69 Å². The van der Waals surface area contributed by atoms with Gasteiger partial charge in [0, 0.05) is 18.4 Å². The standard InChI is InChI=1S/C17H19N3O/c1-12(15-7-4-5-10-18-15)20-17(21)14-9-11-19-16-8-3-2-6-13(14)16/h2-8,10,12,14,19H,9,11H2,1H3,(H,20,21). The number of amides is 1. The molecular formula is C17H19N3O. The molecule has 0 saturated carbocycles. The van der Waals surface area contributed by atoms with Gasteiger partial charge in [0.15, 0.2) is 0 Å². The largest absolute Gasteiger partial charge is 0.385 e. The predicted molar refractivity (Wildman–Crippen MR) is 83.1 cm³/mol. The number of nitrogens with one attached hydrogen (secondary N) is 2. The van der Waals surface area contributed by atoms with Crippen LogP contribution in [-0.2, 0) is 4.79 Å². The topological polar surface area (TPSA) is 54.0 Å². The molecule has 2 heterocycles. The van der Waals surface area contributed by atoms with Crippen LogP contribution in [0.25, 0.3) is 0 Å². The molecule has 4 nitrogen and oxygen atoms in total. The number of hydrogen-bond acceptors (Lipinski definition) is 3. The van der Waals surface area contributed by atoms with E-state index < -0.39 is 0 Å². The number of rotatable bonds is 3. The summed E-state index contributed by atoms with van der Waals surface area (Å²) in [6, 6.07) is 13.7. The van der Waals surface area contributed by atoms with Crippen LogP contribution < -0.4 is 10.6 Å². The van der Waals surface area contributed by atoms with E-state index in [0.717, 1.165) is 29.9 Å². The van der Waals surface area contributed by atoms with Gasteiger partial charge in [0.05, 0.1) is 17.7 Å². The average Bonchev–Trinajstić information content (AvgIpc) is 2.55. The molecule has 1 aromatic carbocycles. The molecule has 4 heteroatoms. The van der Waals surface area contributed by atoms with E-state index in [1.54, 1.807) is 6.20 Å². The van der Waals surface area contributed by atoms with Crippen molar-refractivity contribution in [1.82, 2.24) is 10.3 Å². The van der Waals surface area contributed by atoms with E-state index in [4.69, 9.17) is 0 Å². The summed E-state index contributed by atoms with van der Waals surface area (Å²) in [5.41, 5.74) is 3.02. The number of aromatic nitrogens is 1. The second-order valence-electron chi connectivity index (χ2n) is 5.34. The summed E-state index contributed by atoms with van der Waals surface area (Å²) >= 11 is 0.